The molecule has 0 unspecified atom stereocenters. The molecular formula is C20H15Cl2N3O2S. The van der Waals surface area contributed by atoms with Gasteiger partial charge in [-0.25, -0.2) is 0 Å². The topological polar surface area (TPSA) is 65.9 Å². The van der Waals surface area contributed by atoms with Crippen molar-refractivity contribution in [1.29, 1.82) is 0 Å². The molecule has 0 radical (unpaired) electrons. The Bertz CT molecular complexity index is 1010. The van der Waals surface area contributed by atoms with E-state index >= 15 is 0 Å². The second-order valence-electron chi connectivity index (χ2n) is 5.62. The summed E-state index contributed by atoms with van der Waals surface area (Å²) < 4.78 is 5.75. The maximum Gasteiger partial charge on any atom is 0.191 e. The number of benzene rings is 3. The average Bonchev–Trinajstić information content (AvgIpc) is 2.67. The lowest BCUT2D eigenvalue weighted by molar-refractivity contribution is 0.464. The molecule has 5 nitrogen and oxygen atoms in total. The molecule has 0 amide bonds. The van der Waals surface area contributed by atoms with Crippen LogP contribution in [0, 0.1) is 0 Å². The first-order valence-electron chi connectivity index (χ1n) is 8.12. The van der Waals surface area contributed by atoms with Crippen LogP contribution in [0.5, 0.6) is 17.2 Å². The Kier molecular flexibility index (Phi) is 6.71. The van der Waals surface area contributed by atoms with Crippen molar-refractivity contribution in [3.63, 3.8) is 0 Å². The molecule has 3 N–H and O–H groups in total. The van der Waals surface area contributed by atoms with E-state index in [1.54, 1.807) is 48.7 Å². The third kappa shape index (κ3) is 5.85. The minimum absolute atomic E-state index is 0.185. The van der Waals surface area contributed by atoms with Crippen LogP contribution in [0.15, 0.2) is 71.8 Å². The van der Waals surface area contributed by atoms with E-state index in [2.05, 4.69) is 15.8 Å². The number of aromatic hydroxyl groups is 1. The van der Waals surface area contributed by atoms with Gasteiger partial charge in [-0.1, -0.05) is 35.3 Å². The fourth-order valence-electron chi connectivity index (χ4n) is 2.21. The number of nitrogens with one attached hydrogen (secondary N) is 2. The SMILES string of the molecule is Oc1ccc(Oc2cccc(C=NNC(=S)Nc3ccc(Cl)c(Cl)c3)c2)cc1. The van der Waals surface area contributed by atoms with Gasteiger partial charge in [-0.3, -0.25) is 5.43 Å². The molecule has 0 aliphatic heterocycles. The molecule has 0 bridgehead atoms. The van der Waals surface area contributed by atoms with Crippen molar-refractivity contribution in [2.45, 2.75) is 0 Å². The highest BCUT2D eigenvalue weighted by molar-refractivity contribution is 7.80. The van der Waals surface area contributed by atoms with E-state index in [0.29, 0.717) is 32.3 Å². The molecule has 3 rings (SSSR count). The Morgan fingerprint density at radius 2 is 1.75 bits per heavy atom. The third-order valence-corrected chi connectivity index (χ3v) is 4.42. The van der Waals surface area contributed by atoms with Crippen molar-refractivity contribution in [3.05, 3.63) is 82.3 Å². The van der Waals surface area contributed by atoms with Crippen molar-refractivity contribution in [1.82, 2.24) is 5.43 Å². The number of hydrazone groups is 1. The van der Waals surface area contributed by atoms with Crippen molar-refractivity contribution < 1.29 is 9.84 Å². The van der Waals surface area contributed by atoms with Gasteiger partial charge in [0.2, 0.25) is 0 Å². The molecule has 3 aromatic rings. The first-order valence-corrected chi connectivity index (χ1v) is 9.28. The quantitative estimate of drug-likeness (QED) is 0.270. The summed E-state index contributed by atoms with van der Waals surface area (Å²) in [5.41, 5.74) is 4.26. The Morgan fingerprint density at radius 1 is 0.964 bits per heavy atom. The molecule has 0 heterocycles. The number of hydrogen-bond donors (Lipinski definition) is 3. The van der Waals surface area contributed by atoms with Crippen LogP contribution < -0.4 is 15.5 Å². The Morgan fingerprint density at radius 3 is 2.50 bits per heavy atom. The minimum Gasteiger partial charge on any atom is -0.508 e. The fourth-order valence-corrected chi connectivity index (χ4v) is 2.68. The number of phenols is 1. The zero-order valence-corrected chi connectivity index (χ0v) is 16.7. The van der Waals surface area contributed by atoms with Crippen LogP contribution in [0.3, 0.4) is 0 Å². The normalized spacial score (nSPS) is 10.6. The van der Waals surface area contributed by atoms with E-state index < -0.39 is 0 Å². The van der Waals surface area contributed by atoms with E-state index in [1.165, 1.54) is 0 Å². The van der Waals surface area contributed by atoms with Crippen LogP contribution in [0.25, 0.3) is 0 Å². The summed E-state index contributed by atoms with van der Waals surface area (Å²) in [7, 11) is 0. The van der Waals surface area contributed by atoms with Crippen LogP contribution in [-0.2, 0) is 0 Å². The first-order chi connectivity index (χ1) is 13.5. The van der Waals surface area contributed by atoms with Crippen LogP contribution in [0.1, 0.15) is 5.56 Å². The predicted molar refractivity (Wildman–Crippen MR) is 118 cm³/mol. The molecule has 0 fully saturated rings. The molecule has 28 heavy (non-hydrogen) atoms. The number of rotatable bonds is 5. The van der Waals surface area contributed by atoms with Gasteiger partial charge in [0.25, 0.3) is 0 Å². The minimum atomic E-state index is 0.185. The molecule has 0 aliphatic rings. The van der Waals surface area contributed by atoms with Gasteiger partial charge < -0.3 is 15.2 Å². The molecule has 0 aliphatic carbocycles. The molecule has 8 heteroatoms. The van der Waals surface area contributed by atoms with Gasteiger partial charge in [0.1, 0.15) is 17.2 Å². The van der Waals surface area contributed by atoms with Crippen molar-refractivity contribution in [2.75, 3.05) is 5.32 Å². The lowest BCUT2D eigenvalue weighted by atomic mass is 10.2. The van der Waals surface area contributed by atoms with Gasteiger partial charge in [0.05, 0.1) is 16.3 Å². The zero-order valence-electron chi connectivity index (χ0n) is 14.4. The average molecular weight is 432 g/mol. The summed E-state index contributed by atoms with van der Waals surface area (Å²) in [5, 5.41) is 17.6. The summed E-state index contributed by atoms with van der Waals surface area (Å²) >= 11 is 17.1. The van der Waals surface area contributed by atoms with Crippen LogP contribution in [-0.4, -0.2) is 16.4 Å². The van der Waals surface area contributed by atoms with Gasteiger partial charge in [0.15, 0.2) is 5.11 Å². The number of hydrogen-bond acceptors (Lipinski definition) is 4. The Labute approximate surface area is 177 Å². The van der Waals surface area contributed by atoms with E-state index in [0.717, 1.165) is 5.56 Å². The number of phenolic OH excluding ortho intramolecular Hbond substituents is 1. The largest absolute Gasteiger partial charge is 0.508 e. The lowest BCUT2D eigenvalue weighted by Gasteiger charge is -2.08. The van der Waals surface area contributed by atoms with E-state index in [1.807, 2.05) is 24.3 Å². The van der Waals surface area contributed by atoms with Gasteiger partial charge in [-0.15, -0.1) is 0 Å². The maximum atomic E-state index is 9.32. The van der Waals surface area contributed by atoms with Gasteiger partial charge >= 0.3 is 0 Å². The summed E-state index contributed by atoms with van der Waals surface area (Å²) in [5.74, 6) is 1.45. The number of thiocarbonyl (C=S) groups is 1. The van der Waals surface area contributed by atoms with Crippen LogP contribution >= 0.6 is 35.4 Å². The summed E-state index contributed by atoms with van der Waals surface area (Å²) in [6, 6.07) is 19.0. The molecule has 0 aromatic heterocycles. The van der Waals surface area contributed by atoms with Crippen molar-refractivity contribution in [2.24, 2.45) is 5.10 Å². The highest BCUT2D eigenvalue weighted by Gasteiger charge is 2.01. The number of nitrogens with zero attached hydrogens (tertiary/aromatic N) is 1. The van der Waals surface area contributed by atoms with Gasteiger partial charge in [0, 0.05) is 5.69 Å². The molecule has 0 atom stereocenters. The molecule has 3 aromatic carbocycles. The van der Waals surface area contributed by atoms with E-state index in [-0.39, 0.29) is 5.75 Å². The number of anilines is 1. The predicted octanol–water partition coefficient (Wildman–Crippen LogP) is 5.81. The van der Waals surface area contributed by atoms with Crippen molar-refractivity contribution >= 4 is 52.4 Å². The summed E-state index contributed by atoms with van der Waals surface area (Å²) in [4.78, 5) is 0. The first kappa shape index (κ1) is 19.9. The summed E-state index contributed by atoms with van der Waals surface area (Å²) in [6.07, 6.45) is 1.62. The molecule has 142 valence electrons. The lowest BCUT2D eigenvalue weighted by Crippen LogP contribution is -2.23. The third-order valence-electron chi connectivity index (χ3n) is 3.49. The second-order valence-corrected chi connectivity index (χ2v) is 6.84. The second kappa shape index (κ2) is 9.41. The molecular weight excluding hydrogens is 417 g/mol. The number of halogens is 2. The number of ether oxygens (including phenoxy) is 1. The van der Waals surface area contributed by atoms with Gasteiger partial charge in [-0.05, 0) is 72.4 Å². The van der Waals surface area contributed by atoms with Crippen LogP contribution in [0.4, 0.5) is 5.69 Å². The Hall–Kier alpha value is -2.80. The molecule has 0 spiro atoms. The van der Waals surface area contributed by atoms with E-state index in [9.17, 15) is 5.11 Å². The molecule has 0 saturated heterocycles. The maximum absolute atomic E-state index is 9.32. The van der Waals surface area contributed by atoms with E-state index in [4.69, 9.17) is 40.2 Å². The Balaban J connectivity index is 1.57. The van der Waals surface area contributed by atoms with Gasteiger partial charge in [-0.2, -0.15) is 5.10 Å². The highest BCUT2D eigenvalue weighted by atomic mass is 35.5. The smallest absolute Gasteiger partial charge is 0.191 e. The standard InChI is InChI=1S/C20H15Cl2N3O2S/c21-18-9-4-14(11-19(18)22)24-20(28)25-23-12-13-2-1-3-17(10-13)27-16-7-5-15(26)6-8-16/h1-12,26H,(H2,24,25,28). The zero-order chi connectivity index (χ0) is 19.9. The van der Waals surface area contributed by atoms with Crippen molar-refractivity contribution in [3.8, 4) is 17.2 Å². The summed E-state index contributed by atoms with van der Waals surface area (Å²) in [6.45, 7) is 0. The monoisotopic (exact) mass is 431 g/mol. The molecule has 0 saturated carbocycles. The highest BCUT2D eigenvalue weighted by Crippen LogP contribution is 2.25. The fraction of sp³-hybridized carbons (Fsp3) is 0. The van der Waals surface area contributed by atoms with Crippen LogP contribution in [0.2, 0.25) is 10.0 Å².